The van der Waals surface area contributed by atoms with Crippen LogP contribution >= 0.6 is 15.9 Å². The molecular formula is C15H15BrN4O2. The Morgan fingerprint density at radius 2 is 2.00 bits per heavy atom. The first kappa shape index (κ1) is 14.8. The Hall–Kier alpha value is -2.12. The molecule has 0 aromatic heterocycles. The fourth-order valence-electron chi connectivity index (χ4n) is 2.71. The molecule has 0 aliphatic carbocycles. The van der Waals surface area contributed by atoms with Crippen LogP contribution in [0.1, 0.15) is 12.8 Å². The number of nitrogen functional groups attached to an aromatic ring is 1. The summed E-state index contributed by atoms with van der Waals surface area (Å²) in [6.07, 6.45) is 0.652. The number of nitrogens with one attached hydrogen (secondary N) is 1. The Kier molecular flexibility index (Phi) is 3.76. The summed E-state index contributed by atoms with van der Waals surface area (Å²) in [5, 5.41) is 5.41. The van der Waals surface area contributed by atoms with Gasteiger partial charge in [-0.1, -0.05) is 28.1 Å². The van der Waals surface area contributed by atoms with Gasteiger partial charge < -0.3 is 5.73 Å². The lowest BCUT2D eigenvalue weighted by Gasteiger charge is -2.31. The SMILES string of the molecule is Nc1cccc2c(Br)ccc(N(N)C3CCC(=O)NC3=O)c12. The van der Waals surface area contributed by atoms with Gasteiger partial charge in [-0.15, -0.1) is 0 Å². The third-order valence-corrected chi connectivity index (χ3v) is 4.51. The maximum Gasteiger partial charge on any atom is 0.250 e. The van der Waals surface area contributed by atoms with Gasteiger partial charge in [0, 0.05) is 27.4 Å². The molecule has 1 unspecified atom stereocenters. The average molecular weight is 363 g/mol. The van der Waals surface area contributed by atoms with Gasteiger partial charge in [0.1, 0.15) is 6.04 Å². The van der Waals surface area contributed by atoms with Crippen molar-refractivity contribution in [2.24, 2.45) is 5.84 Å². The fraction of sp³-hybridized carbons (Fsp3) is 0.200. The van der Waals surface area contributed by atoms with Crippen LogP contribution in [0, 0.1) is 0 Å². The topological polar surface area (TPSA) is 101 Å². The first-order valence-corrected chi connectivity index (χ1v) is 7.62. The van der Waals surface area contributed by atoms with E-state index in [1.54, 1.807) is 6.07 Å². The number of rotatable bonds is 2. The summed E-state index contributed by atoms with van der Waals surface area (Å²) in [5.41, 5.74) is 7.33. The molecule has 0 saturated carbocycles. The van der Waals surface area contributed by atoms with Gasteiger partial charge >= 0.3 is 0 Å². The van der Waals surface area contributed by atoms with E-state index in [9.17, 15) is 9.59 Å². The molecule has 1 atom stereocenters. The van der Waals surface area contributed by atoms with Gasteiger partial charge in [-0.05, 0) is 24.6 Å². The molecule has 1 fully saturated rings. The number of benzene rings is 2. The van der Waals surface area contributed by atoms with Crippen molar-refractivity contribution in [1.82, 2.24) is 5.32 Å². The zero-order valence-corrected chi connectivity index (χ0v) is 13.3. The number of carbonyl (C=O) groups excluding carboxylic acids is 2. The van der Waals surface area contributed by atoms with Crippen LogP contribution in [0.25, 0.3) is 10.8 Å². The number of imide groups is 1. The molecule has 0 bridgehead atoms. The maximum absolute atomic E-state index is 12.0. The highest BCUT2D eigenvalue weighted by molar-refractivity contribution is 9.10. The average Bonchev–Trinajstić information content (AvgIpc) is 2.48. The number of amides is 2. The fourth-order valence-corrected chi connectivity index (χ4v) is 3.17. The number of nitrogens with two attached hydrogens (primary N) is 2. The van der Waals surface area contributed by atoms with Gasteiger partial charge in [-0.2, -0.15) is 0 Å². The Labute approximate surface area is 135 Å². The van der Waals surface area contributed by atoms with Gasteiger partial charge in [0.15, 0.2) is 0 Å². The number of carbonyl (C=O) groups is 2. The second kappa shape index (κ2) is 5.58. The minimum absolute atomic E-state index is 0.269. The molecule has 22 heavy (non-hydrogen) atoms. The van der Waals surface area contributed by atoms with Crippen molar-refractivity contribution in [3.05, 3.63) is 34.8 Å². The van der Waals surface area contributed by atoms with Crippen LogP contribution in [0.15, 0.2) is 34.8 Å². The third-order valence-electron chi connectivity index (χ3n) is 3.82. The zero-order valence-electron chi connectivity index (χ0n) is 11.7. The van der Waals surface area contributed by atoms with Crippen LogP contribution in [0.2, 0.25) is 0 Å². The van der Waals surface area contributed by atoms with E-state index >= 15 is 0 Å². The highest BCUT2D eigenvalue weighted by Crippen LogP contribution is 2.36. The molecule has 3 rings (SSSR count). The van der Waals surface area contributed by atoms with Crippen LogP contribution in [0.5, 0.6) is 0 Å². The van der Waals surface area contributed by atoms with Crippen LogP contribution in [0.3, 0.4) is 0 Å². The van der Waals surface area contributed by atoms with Crippen LogP contribution in [-0.2, 0) is 9.59 Å². The number of fused-ring (bicyclic) bond motifs is 1. The Balaban J connectivity index is 2.08. The quantitative estimate of drug-likeness (QED) is 0.326. The highest BCUT2D eigenvalue weighted by Gasteiger charge is 2.31. The van der Waals surface area contributed by atoms with E-state index in [4.69, 9.17) is 11.6 Å². The van der Waals surface area contributed by atoms with Crippen molar-refractivity contribution in [3.63, 3.8) is 0 Å². The lowest BCUT2D eigenvalue weighted by molar-refractivity contribution is -0.134. The van der Waals surface area contributed by atoms with Gasteiger partial charge in [0.05, 0.1) is 5.69 Å². The molecule has 6 nitrogen and oxygen atoms in total. The molecule has 1 saturated heterocycles. The summed E-state index contributed by atoms with van der Waals surface area (Å²) < 4.78 is 0.898. The number of nitrogens with zero attached hydrogens (tertiary/aromatic N) is 1. The van der Waals surface area contributed by atoms with Crippen molar-refractivity contribution in [2.45, 2.75) is 18.9 Å². The summed E-state index contributed by atoms with van der Waals surface area (Å²) in [4.78, 5) is 23.3. The number of piperidine rings is 1. The van der Waals surface area contributed by atoms with Crippen molar-refractivity contribution in [3.8, 4) is 0 Å². The molecule has 1 aliphatic heterocycles. The van der Waals surface area contributed by atoms with E-state index in [0.29, 0.717) is 17.8 Å². The standard InChI is InChI=1S/C15H15BrN4O2/c16-9-4-5-11(14-8(9)2-1-3-10(14)17)20(18)12-6-7-13(21)19-15(12)22/h1-5,12H,6-7,17-18H2,(H,19,21,22). The number of hydrogen-bond donors (Lipinski definition) is 3. The highest BCUT2D eigenvalue weighted by atomic mass is 79.9. The minimum atomic E-state index is -0.596. The number of hydrazine groups is 1. The smallest absolute Gasteiger partial charge is 0.250 e. The monoisotopic (exact) mass is 362 g/mol. The molecule has 2 aromatic carbocycles. The van der Waals surface area contributed by atoms with E-state index < -0.39 is 6.04 Å². The van der Waals surface area contributed by atoms with Crippen molar-refractivity contribution < 1.29 is 9.59 Å². The molecule has 114 valence electrons. The van der Waals surface area contributed by atoms with E-state index in [1.165, 1.54) is 5.01 Å². The van der Waals surface area contributed by atoms with E-state index in [1.807, 2.05) is 24.3 Å². The minimum Gasteiger partial charge on any atom is -0.398 e. The van der Waals surface area contributed by atoms with Crippen LogP contribution in [-0.4, -0.2) is 17.9 Å². The summed E-state index contributed by atoms with van der Waals surface area (Å²) in [5.74, 6) is 5.53. The Bertz CT molecular complexity index is 777. The summed E-state index contributed by atoms with van der Waals surface area (Å²) in [7, 11) is 0. The first-order valence-electron chi connectivity index (χ1n) is 6.83. The molecule has 5 N–H and O–H groups in total. The normalized spacial score (nSPS) is 18.4. The molecule has 0 spiro atoms. The molecule has 7 heteroatoms. The number of hydrogen-bond acceptors (Lipinski definition) is 5. The molecule has 1 aliphatic rings. The molecule has 1 heterocycles. The molecule has 2 aromatic rings. The van der Waals surface area contributed by atoms with E-state index in [-0.39, 0.29) is 18.2 Å². The number of anilines is 2. The predicted octanol–water partition coefficient (Wildman–Crippen LogP) is 1.67. The largest absolute Gasteiger partial charge is 0.398 e. The lowest BCUT2D eigenvalue weighted by atomic mass is 10.0. The van der Waals surface area contributed by atoms with Gasteiger partial charge in [0.25, 0.3) is 5.91 Å². The molecule has 2 amide bonds. The zero-order chi connectivity index (χ0) is 15.9. The second-order valence-electron chi connectivity index (χ2n) is 5.21. The van der Waals surface area contributed by atoms with E-state index in [2.05, 4.69) is 21.2 Å². The maximum atomic E-state index is 12.0. The number of halogens is 1. The van der Waals surface area contributed by atoms with Crippen LogP contribution < -0.4 is 21.9 Å². The van der Waals surface area contributed by atoms with Gasteiger partial charge in [-0.25, -0.2) is 5.84 Å². The Morgan fingerprint density at radius 3 is 2.73 bits per heavy atom. The van der Waals surface area contributed by atoms with Crippen molar-refractivity contribution in [2.75, 3.05) is 10.7 Å². The Morgan fingerprint density at radius 1 is 1.23 bits per heavy atom. The van der Waals surface area contributed by atoms with Crippen LogP contribution in [0.4, 0.5) is 11.4 Å². The lowest BCUT2D eigenvalue weighted by Crippen LogP contribution is -2.55. The van der Waals surface area contributed by atoms with Gasteiger partial charge in [-0.3, -0.25) is 19.9 Å². The summed E-state index contributed by atoms with van der Waals surface area (Å²) in [6, 6.07) is 8.66. The van der Waals surface area contributed by atoms with Crippen molar-refractivity contribution in [1.29, 1.82) is 0 Å². The third kappa shape index (κ3) is 2.42. The predicted molar refractivity (Wildman–Crippen MR) is 88.9 cm³/mol. The molecule has 0 radical (unpaired) electrons. The van der Waals surface area contributed by atoms with E-state index in [0.717, 1.165) is 15.2 Å². The van der Waals surface area contributed by atoms with Crippen molar-refractivity contribution >= 4 is 49.9 Å². The summed E-state index contributed by atoms with van der Waals surface area (Å²) in [6.45, 7) is 0. The summed E-state index contributed by atoms with van der Waals surface area (Å²) >= 11 is 3.49. The molecular weight excluding hydrogens is 348 g/mol. The second-order valence-corrected chi connectivity index (χ2v) is 6.06. The van der Waals surface area contributed by atoms with Gasteiger partial charge in [0.2, 0.25) is 5.91 Å². The first-order chi connectivity index (χ1) is 10.5.